The van der Waals surface area contributed by atoms with Crippen molar-refractivity contribution in [3.8, 4) is 0 Å². The van der Waals surface area contributed by atoms with Crippen LogP contribution < -0.4 is 16.8 Å². The van der Waals surface area contributed by atoms with E-state index in [4.69, 9.17) is 44.0 Å². The summed E-state index contributed by atoms with van der Waals surface area (Å²) in [6.45, 7) is -7.38. The van der Waals surface area contributed by atoms with E-state index in [0.29, 0.717) is 6.54 Å². The molecule has 0 amide bonds. The van der Waals surface area contributed by atoms with Crippen LogP contribution in [0.5, 0.6) is 0 Å². The van der Waals surface area contributed by atoms with Crippen molar-refractivity contribution in [3.05, 3.63) is 25.3 Å². The molecule has 2 bridgehead atoms. The number of aliphatic hydroxyl groups excluding tert-OH is 1. The van der Waals surface area contributed by atoms with E-state index < -0.39 is 87.7 Å². The first kappa shape index (κ1) is 37.2. The largest absolute Gasteiger partial charge is 0.509 e. The number of nitrogens with one attached hydrogen (secondary N) is 1. The average Bonchev–Trinajstić information content (AvgIpc) is 3.85. The molecule has 282 valence electrons. The van der Waals surface area contributed by atoms with Gasteiger partial charge >= 0.3 is 13.0 Å². The molecule has 7 heterocycles. The maximum Gasteiger partial charge on any atom is 0.509 e. The molecule has 3 fully saturated rings. The second kappa shape index (κ2) is 14.6. The molecule has 7 rings (SSSR count). The predicted molar refractivity (Wildman–Crippen MR) is 186 cm³/mol. The van der Waals surface area contributed by atoms with Crippen molar-refractivity contribution < 1.29 is 51.5 Å². The van der Waals surface area contributed by atoms with Crippen molar-refractivity contribution in [1.82, 2.24) is 44.4 Å². The molecule has 11 atom stereocenters. The van der Waals surface area contributed by atoms with Crippen LogP contribution in [0.1, 0.15) is 19.4 Å². The normalized spacial score (nSPS) is 34.6. The van der Waals surface area contributed by atoms with Crippen LogP contribution in [-0.4, -0.2) is 120 Å². The van der Waals surface area contributed by atoms with E-state index in [-0.39, 0.29) is 40.1 Å². The van der Waals surface area contributed by atoms with Crippen LogP contribution in [0.3, 0.4) is 0 Å². The average molecular weight is 804 g/mol. The maximum absolute atomic E-state index is 14.1. The van der Waals surface area contributed by atoms with Crippen LogP contribution in [0.15, 0.2) is 25.3 Å². The Morgan fingerprint density at radius 1 is 0.981 bits per heavy atom. The van der Waals surface area contributed by atoms with E-state index in [1.807, 2.05) is 0 Å². The minimum absolute atomic E-state index is 0.0721. The number of rotatable bonds is 6. The molecule has 3 aliphatic rings. The van der Waals surface area contributed by atoms with Crippen LogP contribution in [-0.2, 0) is 41.6 Å². The minimum Gasteiger partial charge on any atom is -0.430 e. The first-order chi connectivity index (χ1) is 24.7. The Morgan fingerprint density at radius 3 is 2.21 bits per heavy atom. The highest BCUT2D eigenvalue weighted by molar-refractivity contribution is 8.46. The number of nitrogens with two attached hydrogens (primary N) is 2. The van der Waals surface area contributed by atoms with Crippen LogP contribution in [0.4, 0.5) is 16.4 Å². The smallest absolute Gasteiger partial charge is 0.430 e. The van der Waals surface area contributed by atoms with E-state index in [1.54, 1.807) is 14.0 Å². The third-order valence-electron chi connectivity index (χ3n) is 8.67. The quantitative estimate of drug-likeness (QED) is 0.0910. The maximum atomic E-state index is 14.1. The molecule has 22 nitrogen and oxygen atoms in total. The van der Waals surface area contributed by atoms with Gasteiger partial charge in [0.1, 0.15) is 54.3 Å². The molecule has 6 N–H and O–H groups in total. The van der Waals surface area contributed by atoms with Crippen molar-refractivity contribution in [2.45, 2.75) is 56.0 Å². The Balaban J connectivity index is 1.22. The summed E-state index contributed by atoms with van der Waals surface area (Å²) in [6, 6.07) is 0. The van der Waals surface area contributed by atoms with Crippen LogP contribution in [0, 0.1) is 5.92 Å². The number of aliphatic hydroxyl groups is 1. The minimum atomic E-state index is -4.41. The number of aromatic nitrogens is 8. The molecule has 4 aromatic rings. The fourth-order valence-corrected chi connectivity index (χ4v) is 10.0. The molecule has 1 unspecified atom stereocenters. The van der Waals surface area contributed by atoms with Gasteiger partial charge in [0, 0.05) is 18.6 Å². The number of thiol groups is 2. The number of likely N-dealkylation sites (N-methyl/N-ethyl adjacent to an activating group) is 1. The molecule has 0 aliphatic carbocycles. The molecule has 3 saturated heterocycles. The number of ether oxygens (including phenoxy) is 4. The van der Waals surface area contributed by atoms with Gasteiger partial charge in [-0.2, -0.15) is 0 Å². The lowest BCUT2D eigenvalue weighted by Gasteiger charge is -2.28. The van der Waals surface area contributed by atoms with Gasteiger partial charge in [0.05, 0.1) is 32.0 Å². The van der Waals surface area contributed by atoms with Gasteiger partial charge in [-0.25, -0.2) is 39.3 Å². The zero-order chi connectivity index (χ0) is 36.9. The highest BCUT2D eigenvalue weighted by Gasteiger charge is 2.54. The SMILES string of the molecule is CNCC(C)OC(=O)O[C@@H]1[C@@H]2O[P@](=O)(S)OC[C@H]3O[C@@H](n4cnc5c(N)ncnc54)[C@H](C[P@](=O)(S)OC[C@H]2O[C@H]1n1cnc2c(N)ncnc21)[C@@H]3O. The third-order valence-corrected chi connectivity index (χ3v) is 12.6. The van der Waals surface area contributed by atoms with Crippen molar-refractivity contribution in [2.75, 3.05) is 44.4 Å². The second-order valence-corrected chi connectivity index (χ2v) is 18.8. The van der Waals surface area contributed by atoms with Crippen LogP contribution in [0.2, 0.25) is 0 Å². The first-order valence-electron chi connectivity index (χ1n) is 15.7. The molecule has 0 radical (unpaired) electrons. The Bertz CT molecular complexity index is 2060. The summed E-state index contributed by atoms with van der Waals surface area (Å²) in [5.41, 5.74) is 13.0. The van der Waals surface area contributed by atoms with Gasteiger partial charge in [-0.05, 0) is 14.0 Å². The van der Waals surface area contributed by atoms with E-state index in [1.165, 1.54) is 34.4 Å². The lowest BCUT2D eigenvalue weighted by Crippen LogP contribution is -2.40. The third kappa shape index (κ3) is 7.34. The zero-order valence-electron chi connectivity index (χ0n) is 27.4. The van der Waals surface area contributed by atoms with Gasteiger partial charge < -0.3 is 45.4 Å². The number of carbonyl (C=O) groups excluding carboxylic acids is 1. The number of hydrogen-bond acceptors (Lipinski definition) is 20. The Kier molecular flexibility index (Phi) is 10.4. The van der Waals surface area contributed by atoms with Crippen molar-refractivity contribution in [3.63, 3.8) is 0 Å². The molecule has 3 aliphatic heterocycles. The Labute approximate surface area is 304 Å². The summed E-state index contributed by atoms with van der Waals surface area (Å²) in [7, 11) is 1.68. The fraction of sp³-hybridized carbons (Fsp3) is 0.577. The molecule has 52 heavy (non-hydrogen) atoms. The zero-order valence-corrected chi connectivity index (χ0v) is 31.0. The van der Waals surface area contributed by atoms with E-state index in [2.05, 4.69) is 59.7 Å². The van der Waals surface area contributed by atoms with Gasteiger partial charge in [0.15, 0.2) is 35.3 Å². The summed E-state index contributed by atoms with van der Waals surface area (Å²) in [4.78, 5) is 38.0. The summed E-state index contributed by atoms with van der Waals surface area (Å²) >= 11 is 8.59. The number of nitrogen functional groups attached to an aromatic ring is 2. The Morgan fingerprint density at radius 2 is 1.58 bits per heavy atom. The van der Waals surface area contributed by atoms with E-state index >= 15 is 0 Å². The number of nitrogens with zero attached hydrogens (tertiary/aromatic N) is 8. The van der Waals surface area contributed by atoms with Crippen molar-refractivity contribution in [1.29, 1.82) is 0 Å². The summed E-state index contributed by atoms with van der Waals surface area (Å²) < 4.78 is 72.0. The van der Waals surface area contributed by atoms with Crippen molar-refractivity contribution >= 4 is 78.0 Å². The molecule has 0 saturated carbocycles. The lowest BCUT2D eigenvalue weighted by atomic mass is 10.0. The van der Waals surface area contributed by atoms with E-state index in [9.17, 15) is 19.0 Å². The highest BCUT2D eigenvalue weighted by atomic mass is 32.7. The van der Waals surface area contributed by atoms with Gasteiger partial charge in [-0.1, -0.05) is 24.5 Å². The van der Waals surface area contributed by atoms with Gasteiger partial charge in [-0.3, -0.25) is 22.7 Å². The molecule has 0 spiro atoms. The molecular formula is C26H35N11O11P2S2. The number of carbonyl (C=O) groups is 1. The fourth-order valence-electron chi connectivity index (χ4n) is 6.34. The monoisotopic (exact) mass is 803 g/mol. The topological polar surface area (TPSA) is 287 Å². The number of anilines is 2. The van der Waals surface area contributed by atoms with Crippen molar-refractivity contribution in [2.24, 2.45) is 5.92 Å². The molecule has 26 heteroatoms. The van der Waals surface area contributed by atoms with E-state index in [0.717, 1.165) is 0 Å². The first-order valence-corrected chi connectivity index (χ1v) is 21.4. The van der Waals surface area contributed by atoms with Gasteiger partial charge in [0.25, 0.3) is 6.57 Å². The Hall–Kier alpha value is -3.15. The summed E-state index contributed by atoms with van der Waals surface area (Å²) in [5, 5.41) is 14.3. The van der Waals surface area contributed by atoms with Crippen LogP contribution in [0.25, 0.3) is 22.3 Å². The molecule has 0 aromatic carbocycles. The summed E-state index contributed by atoms with van der Waals surface area (Å²) in [5.74, 6) is -0.750. The number of imidazole rings is 2. The van der Waals surface area contributed by atoms with Crippen LogP contribution >= 0.6 is 37.9 Å². The second-order valence-electron chi connectivity index (χ2n) is 12.2. The van der Waals surface area contributed by atoms with Gasteiger partial charge in [0.2, 0.25) is 0 Å². The summed E-state index contributed by atoms with van der Waals surface area (Å²) in [6.07, 6.45) is -5.75. The predicted octanol–water partition coefficient (Wildman–Crippen LogP) is 1.32. The number of fused-ring (bicyclic) bond motifs is 5. The number of hydrogen-bond donors (Lipinski definition) is 6. The molecular weight excluding hydrogens is 768 g/mol. The highest BCUT2D eigenvalue weighted by Crippen LogP contribution is 2.60. The lowest BCUT2D eigenvalue weighted by molar-refractivity contribution is -0.0661. The standard InChI is InChI=1S/C26H35N11O11P2S2/c1-11(3-29-2)44-26(39)47-19-18-14(46-25(19)37-10-35-16-21(28)31-8-33-23(16)37)5-42-49(40,51)6-12-17(38)13(4-43-50(41,52)48-18)45-24(12)36-9-34-15-20(27)30-7-32-22(15)36/h7-14,17-19,24-25,29,38H,3-6H2,1-2H3,(H,40,51)(H,41,52)(H2,27,30,32)(H2,28,31,33)/t11?,12-,13-,14-,17+,18-,19-,24-,25-,49-,50-/m1/s1. The molecule has 4 aromatic heterocycles. The van der Waals surface area contributed by atoms with Gasteiger partial charge in [-0.15, -0.1) is 0 Å².